The maximum atomic E-state index is 13.2. The van der Waals surface area contributed by atoms with Crippen molar-refractivity contribution in [1.82, 2.24) is 9.62 Å². The van der Waals surface area contributed by atoms with Crippen molar-refractivity contribution in [1.29, 1.82) is 0 Å². The molecule has 1 amide bonds. The third-order valence-corrected chi connectivity index (χ3v) is 6.38. The van der Waals surface area contributed by atoms with Gasteiger partial charge in [0.1, 0.15) is 11.9 Å². The molecule has 1 atom stereocenters. The highest BCUT2D eigenvalue weighted by atomic mass is 32.2. The second kappa shape index (κ2) is 7.97. The summed E-state index contributed by atoms with van der Waals surface area (Å²) in [5, 5.41) is 2.78. The molecule has 0 bridgehead atoms. The van der Waals surface area contributed by atoms with Crippen molar-refractivity contribution < 1.29 is 17.6 Å². The normalized spacial score (nSPS) is 18.0. The van der Waals surface area contributed by atoms with Crippen LogP contribution in [-0.2, 0) is 21.2 Å². The maximum Gasteiger partial charge on any atom is 0.243 e. The fourth-order valence-electron chi connectivity index (χ4n) is 3.16. The van der Waals surface area contributed by atoms with Gasteiger partial charge in [0, 0.05) is 13.1 Å². The first kappa shape index (κ1) is 18.5. The lowest BCUT2D eigenvalue weighted by molar-refractivity contribution is -0.124. The van der Waals surface area contributed by atoms with E-state index in [1.54, 1.807) is 30.3 Å². The van der Waals surface area contributed by atoms with E-state index in [0.29, 0.717) is 32.4 Å². The van der Waals surface area contributed by atoms with E-state index < -0.39 is 16.1 Å². The fourth-order valence-corrected chi connectivity index (χ4v) is 4.84. The van der Waals surface area contributed by atoms with Gasteiger partial charge in [0.05, 0.1) is 4.90 Å². The summed E-state index contributed by atoms with van der Waals surface area (Å²) >= 11 is 0. The molecule has 1 aliphatic rings. The number of benzene rings is 2. The topological polar surface area (TPSA) is 66.5 Å². The molecule has 1 heterocycles. The Kier molecular flexibility index (Phi) is 5.68. The molecule has 2 aromatic rings. The van der Waals surface area contributed by atoms with Gasteiger partial charge in [-0.05, 0) is 49.1 Å². The molecule has 0 aliphatic carbocycles. The van der Waals surface area contributed by atoms with Crippen molar-refractivity contribution in [2.45, 2.75) is 30.2 Å². The van der Waals surface area contributed by atoms with Gasteiger partial charge in [-0.3, -0.25) is 4.79 Å². The summed E-state index contributed by atoms with van der Waals surface area (Å²) in [5.74, 6) is -0.622. The van der Waals surface area contributed by atoms with Gasteiger partial charge in [-0.1, -0.05) is 30.3 Å². The second-order valence-electron chi connectivity index (χ2n) is 6.26. The third kappa shape index (κ3) is 4.11. The number of carbonyl (C=O) groups is 1. The SMILES string of the molecule is O=C(NCCc1cccc(F)c1)C1CCCN1S(=O)(=O)c1ccccc1. The van der Waals surface area contributed by atoms with Gasteiger partial charge in [0.25, 0.3) is 0 Å². The van der Waals surface area contributed by atoms with Gasteiger partial charge in [-0.25, -0.2) is 12.8 Å². The number of hydrogen-bond donors (Lipinski definition) is 1. The minimum absolute atomic E-state index is 0.194. The Morgan fingerprint density at radius 3 is 2.65 bits per heavy atom. The Labute approximate surface area is 152 Å². The molecule has 3 rings (SSSR count). The van der Waals surface area contributed by atoms with Crippen molar-refractivity contribution in [2.24, 2.45) is 0 Å². The molecular formula is C19H21FN2O3S. The number of nitrogens with one attached hydrogen (secondary N) is 1. The molecule has 1 aliphatic heterocycles. The Balaban J connectivity index is 1.63. The lowest BCUT2D eigenvalue weighted by Crippen LogP contribution is -2.46. The highest BCUT2D eigenvalue weighted by Crippen LogP contribution is 2.26. The quantitative estimate of drug-likeness (QED) is 0.842. The van der Waals surface area contributed by atoms with Crippen LogP contribution in [0.15, 0.2) is 59.5 Å². The highest BCUT2D eigenvalue weighted by molar-refractivity contribution is 7.89. The zero-order valence-corrected chi connectivity index (χ0v) is 15.1. The molecule has 26 heavy (non-hydrogen) atoms. The van der Waals surface area contributed by atoms with Crippen LogP contribution < -0.4 is 5.32 Å². The van der Waals surface area contributed by atoms with Crippen LogP contribution in [0.4, 0.5) is 4.39 Å². The first-order valence-corrected chi connectivity index (χ1v) is 10.0. The van der Waals surface area contributed by atoms with Gasteiger partial charge in [-0.15, -0.1) is 0 Å². The van der Waals surface area contributed by atoms with Crippen LogP contribution in [0.5, 0.6) is 0 Å². The average molecular weight is 376 g/mol. The molecule has 1 fully saturated rings. The van der Waals surface area contributed by atoms with Crippen LogP contribution in [0.1, 0.15) is 18.4 Å². The van der Waals surface area contributed by atoms with Gasteiger partial charge in [-0.2, -0.15) is 4.31 Å². The Morgan fingerprint density at radius 2 is 1.92 bits per heavy atom. The van der Waals surface area contributed by atoms with Crippen molar-refractivity contribution in [3.8, 4) is 0 Å². The molecular weight excluding hydrogens is 355 g/mol. The van der Waals surface area contributed by atoms with E-state index in [1.807, 2.05) is 0 Å². The molecule has 1 N–H and O–H groups in total. The first-order chi connectivity index (χ1) is 12.5. The van der Waals surface area contributed by atoms with E-state index in [4.69, 9.17) is 0 Å². The molecule has 0 aromatic heterocycles. The molecule has 2 aromatic carbocycles. The highest BCUT2D eigenvalue weighted by Gasteiger charge is 2.39. The third-order valence-electron chi connectivity index (χ3n) is 4.46. The minimum atomic E-state index is -3.69. The molecule has 5 nitrogen and oxygen atoms in total. The fraction of sp³-hybridized carbons (Fsp3) is 0.316. The van der Waals surface area contributed by atoms with Crippen LogP contribution in [0.25, 0.3) is 0 Å². The zero-order valence-electron chi connectivity index (χ0n) is 14.3. The lowest BCUT2D eigenvalue weighted by atomic mass is 10.1. The van der Waals surface area contributed by atoms with Crippen LogP contribution in [-0.4, -0.2) is 37.8 Å². The summed E-state index contributed by atoms with van der Waals surface area (Å²) in [6.45, 7) is 0.664. The minimum Gasteiger partial charge on any atom is -0.354 e. The number of nitrogens with zero attached hydrogens (tertiary/aromatic N) is 1. The summed E-state index contributed by atoms with van der Waals surface area (Å²) in [5.41, 5.74) is 0.783. The summed E-state index contributed by atoms with van der Waals surface area (Å²) in [6, 6.07) is 13.6. The first-order valence-electron chi connectivity index (χ1n) is 8.57. The number of carbonyl (C=O) groups excluding carboxylic acids is 1. The smallest absolute Gasteiger partial charge is 0.243 e. The van der Waals surface area contributed by atoms with Gasteiger partial charge in [0.2, 0.25) is 15.9 Å². The number of halogens is 1. The lowest BCUT2D eigenvalue weighted by Gasteiger charge is -2.23. The van der Waals surface area contributed by atoms with Gasteiger partial charge in [0.15, 0.2) is 0 Å². The number of hydrogen-bond acceptors (Lipinski definition) is 3. The Bertz CT molecular complexity index is 871. The summed E-state index contributed by atoms with van der Waals surface area (Å²) in [6.07, 6.45) is 1.63. The zero-order chi connectivity index (χ0) is 18.6. The summed E-state index contributed by atoms with van der Waals surface area (Å²) in [4.78, 5) is 12.7. The van der Waals surface area contributed by atoms with Crippen LogP contribution in [0.3, 0.4) is 0 Å². The number of amides is 1. The molecule has 1 unspecified atom stereocenters. The van der Waals surface area contributed by atoms with E-state index in [2.05, 4.69) is 5.32 Å². The Hall–Kier alpha value is -2.25. The van der Waals surface area contributed by atoms with Crippen molar-refractivity contribution in [3.05, 3.63) is 66.0 Å². The molecule has 0 spiro atoms. The molecule has 1 saturated heterocycles. The van der Waals surface area contributed by atoms with Gasteiger partial charge < -0.3 is 5.32 Å². The van der Waals surface area contributed by atoms with Crippen LogP contribution in [0.2, 0.25) is 0 Å². The summed E-state index contributed by atoms with van der Waals surface area (Å²) in [7, 11) is -3.69. The van der Waals surface area contributed by atoms with Crippen molar-refractivity contribution in [3.63, 3.8) is 0 Å². The number of sulfonamides is 1. The second-order valence-corrected chi connectivity index (χ2v) is 8.15. The van der Waals surface area contributed by atoms with Crippen molar-refractivity contribution in [2.75, 3.05) is 13.1 Å². The Morgan fingerprint density at radius 1 is 1.15 bits per heavy atom. The summed E-state index contributed by atoms with van der Waals surface area (Å²) < 4.78 is 40.0. The monoisotopic (exact) mass is 376 g/mol. The largest absolute Gasteiger partial charge is 0.354 e. The van der Waals surface area contributed by atoms with E-state index in [-0.39, 0.29) is 16.6 Å². The molecule has 0 saturated carbocycles. The van der Waals surface area contributed by atoms with E-state index in [1.165, 1.54) is 28.6 Å². The van der Waals surface area contributed by atoms with E-state index in [9.17, 15) is 17.6 Å². The molecule has 138 valence electrons. The van der Waals surface area contributed by atoms with E-state index >= 15 is 0 Å². The van der Waals surface area contributed by atoms with Crippen LogP contribution >= 0.6 is 0 Å². The van der Waals surface area contributed by atoms with E-state index in [0.717, 1.165) is 5.56 Å². The standard InChI is InChI=1S/C19H21FN2O3S/c20-16-7-4-6-15(14-16)11-12-21-19(23)18-10-5-13-22(18)26(24,25)17-8-2-1-3-9-17/h1-4,6-9,14,18H,5,10-13H2,(H,21,23). The van der Waals surface area contributed by atoms with Crippen molar-refractivity contribution >= 4 is 15.9 Å². The maximum absolute atomic E-state index is 13.2. The van der Waals surface area contributed by atoms with Crippen LogP contribution in [0, 0.1) is 5.82 Å². The predicted octanol–water partition coefficient (Wildman–Crippen LogP) is 2.34. The average Bonchev–Trinajstić information content (AvgIpc) is 3.13. The molecule has 0 radical (unpaired) electrons. The molecule has 7 heteroatoms. The predicted molar refractivity (Wildman–Crippen MR) is 96.5 cm³/mol. The number of rotatable bonds is 6. The van der Waals surface area contributed by atoms with Gasteiger partial charge >= 0.3 is 0 Å².